The van der Waals surface area contributed by atoms with Gasteiger partial charge in [0.15, 0.2) is 0 Å². The number of nitrogens with zero attached hydrogens (tertiary/aromatic N) is 1. The highest BCUT2D eigenvalue weighted by Crippen LogP contribution is 2.09. The molecule has 0 bridgehead atoms. The number of benzene rings is 1. The van der Waals surface area contributed by atoms with Crippen LogP contribution < -0.4 is 11.1 Å². The number of carbonyl (C=O) groups is 1. The first-order valence-electron chi connectivity index (χ1n) is 6.49. The minimum atomic E-state index is -0.584. The maximum absolute atomic E-state index is 11.8. The van der Waals surface area contributed by atoms with Crippen LogP contribution in [0.4, 0.5) is 4.79 Å². The molecule has 3 N–H and O–H groups in total. The molecule has 1 aromatic carbocycles. The van der Waals surface area contributed by atoms with Crippen molar-refractivity contribution in [1.29, 1.82) is 5.26 Å². The molecule has 1 atom stereocenters. The monoisotopic (exact) mass is 305 g/mol. The van der Waals surface area contributed by atoms with Crippen LogP contribution in [0.15, 0.2) is 24.3 Å². The molecule has 6 heteroatoms. The van der Waals surface area contributed by atoms with Crippen LogP contribution >= 0.6 is 12.2 Å². The fraction of sp³-hybridized carbons (Fsp3) is 0.400. The average molecular weight is 305 g/mol. The van der Waals surface area contributed by atoms with E-state index in [9.17, 15) is 4.79 Å². The molecule has 0 saturated carbocycles. The van der Waals surface area contributed by atoms with Crippen molar-refractivity contribution >= 4 is 23.3 Å². The lowest BCUT2D eigenvalue weighted by Crippen LogP contribution is -2.46. The minimum absolute atomic E-state index is 0.185. The Labute approximate surface area is 130 Å². The Bertz CT molecular complexity index is 556. The highest BCUT2D eigenvalue weighted by Gasteiger charge is 2.21. The zero-order valence-corrected chi connectivity index (χ0v) is 13.2. The molecule has 0 aliphatic rings. The zero-order valence-electron chi connectivity index (χ0n) is 12.3. The molecule has 21 heavy (non-hydrogen) atoms. The molecule has 112 valence electrons. The quantitative estimate of drug-likeness (QED) is 0.833. The van der Waals surface area contributed by atoms with E-state index in [-0.39, 0.29) is 4.99 Å². The number of amides is 1. The van der Waals surface area contributed by atoms with Crippen LogP contribution in [0.5, 0.6) is 0 Å². The predicted molar refractivity (Wildman–Crippen MR) is 84.8 cm³/mol. The van der Waals surface area contributed by atoms with E-state index in [0.29, 0.717) is 12.0 Å². The van der Waals surface area contributed by atoms with Crippen LogP contribution in [0.3, 0.4) is 0 Å². The Morgan fingerprint density at radius 3 is 2.43 bits per heavy atom. The third-order valence-electron chi connectivity index (χ3n) is 2.56. The van der Waals surface area contributed by atoms with Gasteiger partial charge in [0.2, 0.25) is 0 Å². The number of nitrogens with one attached hydrogen (secondary N) is 1. The molecule has 0 aliphatic carbocycles. The lowest BCUT2D eigenvalue weighted by atomic mass is 10.0. The fourth-order valence-electron chi connectivity index (χ4n) is 1.62. The summed E-state index contributed by atoms with van der Waals surface area (Å²) in [6.45, 7) is 5.34. The van der Waals surface area contributed by atoms with Crippen molar-refractivity contribution in [2.24, 2.45) is 5.73 Å². The van der Waals surface area contributed by atoms with Crippen LogP contribution in [-0.4, -0.2) is 22.7 Å². The van der Waals surface area contributed by atoms with Crippen molar-refractivity contribution in [3.8, 4) is 6.07 Å². The Balaban J connectivity index is 2.72. The van der Waals surface area contributed by atoms with E-state index in [2.05, 4.69) is 5.32 Å². The third kappa shape index (κ3) is 6.23. The van der Waals surface area contributed by atoms with Gasteiger partial charge in [0, 0.05) is 0 Å². The number of hydrogen-bond donors (Lipinski definition) is 2. The number of nitriles is 1. The molecular formula is C15H19N3O2S. The number of alkyl carbamates (subject to hydrolysis) is 1. The van der Waals surface area contributed by atoms with Gasteiger partial charge in [-0.05, 0) is 44.9 Å². The van der Waals surface area contributed by atoms with Crippen molar-refractivity contribution in [2.75, 3.05) is 0 Å². The van der Waals surface area contributed by atoms with Crippen molar-refractivity contribution in [2.45, 2.75) is 38.8 Å². The molecule has 0 aromatic heterocycles. The number of hydrogen-bond acceptors (Lipinski definition) is 4. The first-order valence-corrected chi connectivity index (χ1v) is 6.90. The maximum atomic E-state index is 11.8. The normalized spacial score (nSPS) is 12.1. The molecular weight excluding hydrogens is 286 g/mol. The van der Waals surface area contributed by atoms with Crippen molar-refractivity contribution in [1.82, 2.24) is 5.32 Å². The fourth-order valence-corrected chi connectivity index (χ4v) is 1.77. The van der Waals surface area contributed by atoms with Crippen LogP contribution in [0.25, 0.3) is 0 Å². The summed E-state index contributed by atoms with van der Waals surface area (Å²) in [4.78, 5) is 12.0. The topological polar surface area (TPSA) is 88.1 Å². The third-order valence-corrected chi connectivity index (χ3v) is 2.84. The van der Waals surface area contributed by atoms with E-state index in [1.54, 1.807) is 45.0 Å². The Hall–Kier alpha value is -2.13. The molecule has 0 spiro atoms. The highest BCUT2D eigenvalue weighted by molar-refractivity contribution is 7.80. The summed E-state index contributed by atoms with van der Waals surface area (Å²) in [5.74, 6) is 0. The first-order chi connectivity index (χ1) is 9.71. The predicted octanol–water partition coefficient (Wildman–Crippen LogP) is 2.28. The number of ether oxygens (including phenoxy) is 1. The smallest absolute Gasteiger partial charge is 0.408 e. The second kappa shape index (κ2) is 7.04. The SMILES string of the molecule is CC(C)(C)OC(=O)NC(Cc1ccc(C#N)cc1)C(N)=S. The summed E-state index contributed by atoms with van der Waals surface area (Å²) in [5, 5.41) is 11.4. The number of thiocarbonyl (C=S) groups is 1. The van der Waals surface area contributed by atoms with Crippen LogP contribution in [0.1, 0.15) is 31.9 Å². The number of rotatable bonds is 4. The van der Waals surface area contributed by atoms with E-state index in [0.717, 1.165) is 5.56 Å². The van der Waals surface area contributed by atoms with E-state index in [1.165, 1.54) is 0 Å². The lowest BCUT2D eigenvalue weighted by molar-refractivity contribution is 0.0518. The highest BCUT2D eigenvalue weighted by atomic mass is 32.1. The molecule has 1 aromatic rings. The van der Waals surface area contributed by atoms with Gasteiger partial charge in [-0.25, -0.2) is 4.79 Å². The van der Waals surface area contributed by atoms with Gasteiger partial charge >= 0.3 is 6.09 Å². The molecule has 0 heterocycles. The largest absolute Gasteiger partial charge is 0.444 e. The first kappa shape index (κ1) is 16.9. The molecule has 1 unspecified atom stereocenters. The lowest BCUT2D eigenvalue weighted by Gasteiger charge is -2.23. The van der Waals surface area contributed by atoms with Crippen LogP contribution in [0, 0.1) is 11.3 Å². The van der Waals surface area contributed by atoms with Gasteiger partial charge in [0.05, 0.1) is 22.7 Å². The van der Waals surface area contributed by atoms with Gasteiger partial charge in [-0.3, -0.25) is 0 Å². The van der Waals surface area contributed by atoms with Gasteiger partial charge in [-0.2, -0.15) is 5.26 Å². The van der Waals surface area contributed by atoms with E-state index in [1.807, 2.05) is 6.07 Å². The Morgan fingerprint density at radius 1 is 1.43 bits per heavy atom. The standard InChI is InChI=1S/C15H19N3O2S/c1-15(2,3)20-14(19)18-12(13(17)21)8-10-4-6-11(9-16)7-5-10/h4-7,12H,8H2,1-3H3,(H2,17,21)(H,18,19). The number of carbonyl (C=O) groups excluding carboxylic acids is 1. The van der Waals surface area contributed by atoms with Crippen LogP contribution in [-0.2, 0) is 11.2 Å². The summed E-state index contributed by atoms with van der Waals surface area (Å²) in [7, 11) is 0. The minimum Gasteiger partial charge on any atom is -0.444 e. The van der Waals surface area contributed by atoms with E-state index in [4.69, 9.17) is 28.0 Å². The van der Waals surface area contributed by atoms with Crippen molar-refractivity contribution in [3.63, 3.8) is 0 Å². The van der Waals surface area contributed by atoms with Gasteiger partial charge in [-0.15, -0.1) is 0 Å². The van der Waals surface area contributed by atoms with E-state index < -0.39 is 17.7 Å². The zero-order chi connectivity index (χ0) is 16.0. The molecule has 0 saturated heterocycles. The molecule has 0 fully saturated rings. The van der Waals surface area contributed by atoms with Crippen molar-refractivity contribution < 1.29 is 9.53 Å². The average Bonchev–Trinajstić information content (AvgIpc) is 2.36. The maximum Gasteiger partial charge on any atom is 0.408 e. The summed E-state index contributed by atoms with van der Waals surface area (Å²) in [6.07, 6.45) is -0.116. The number of nitrogens with two attached hydrogens (primary N) is 1. The second-order valence-corrected chi connectivity index (χ2v) is 6.09. The molecule has 0 aliphatic heterocycles. The second-order valence-electron chi connectivity index (χ2n) is 5.61. The van der Waals surface area contributed by atoms with E-state index >= 15 is 0 Å². The van der Waals surface area contributed by atoms with Gasteiger partial charge in [-0.1, -0.05) is 24.4 Å². The molecule has 1 amide bonds. The summed E-state index contributed by atoms with van der Waals surface area (Å²) >= 11 is 4.98. The van der Waals surface area contributed by atoms with Crippen LogP contribution in [0.2, 0.25) is 0 Å². The summed E-state index contributed by atoms with van der Waals surface area (Å²) in [6, 6.07) is 8.58. The Morgan fingerprint density at radius 2 is 2.00 bits per heavy atom. The molecule has 5 nitrogen and oxygen atoms in total. The van der Waals surface area contributed by atoms with Gasteiger partial charge < -0.3 is 15.8 Å². The molecule has 0 radical (unpaired) electrons. The van der Waals surface area contributed by atoms with Gasteiger partial charge in [0.25, 0.3) is 0 Å². The van der Waals surface area contributed by atoms with Gasteiger partial charge in [0.1, 0.15) is 5.60 Å². The summed E-state index contributed by atoms with van der Waals surface area (Å²) in [5.41, 5.74) is 6.57. The molecule has 1 rings (SSSR count). The van der Waals surface area contributed by atoms with Crippen molar-refractivity contribution in [3.05, 3.63) is 35.4 Å². The summed E-state index contributed by atoms with van der Waals surface area (Å²) < 4.78 is 5.18. The Kier molecular flexibility index (Phi) is 5.68.